The minimum absolute atomic E-state index is 0.0834. The van der Waals surface area contributed by atoms with Crippen LogP contribution in [0.1, 0.15) is 12.5 Å². The van der Waals surface area contributed by atoms with Crippen molar-refractivity contribution in [3.05, 3.63) is 29.8 Å². The Labute approximate surface area is 184 Å². The molecular weight excluding hydrogens is 444 g/mol. The van der Waals surface area contributed by atoms with Crippen molar-refractivity contribution in [2.45, 2.75) is 18.4 Å². The smallest absolute Gasteiger partial charge is 0.243 e. The van der Waals surface area contributed by atoms with Crippen LogP contribution in [0.15, 0.2) is 29.2 Å². The number of ether oxygens (including phenoxy) is 1. The second-order valence-electron chi connectivity index (χ2n) is 7.51. The maximum atomic E-state index is 12.6. The van der Waals surface area contributed by atoms with E-state index in [1.54, 1.807) is 31.2 Å². The van der Waals surface area contributed by atoms with Crippen LogP contribution in [0.5, 0.6) is 0 Å². The molecule has 0 atom stereocenters. The van der Waals surface area contributed by atoms with Crippen LogP contribution in [0, 0.1) is 0 Å². The standard InChI is InChI=1S/C19H30N4O6S2/c1-2-30(25,26)22-9-7-21(8-10-22)16-19(24)20-15-17-3-5-18(6-4-17)31(27,28)23-11-13-29-14-12-23/h3-6H,2,7-16H2,1H3,(H,20,24). The Bertz CT molecular complexity index is 952. The number of nitrogens with one attached hydrogen (secondary N) is 1. The molecule has 12 heteroatoms. The van der Waals surface area contributed by atoms with E-state index in [0.717, 1.165) is 5.56 Å². The summed E-state index contributed by atoms with van der Waals surface area (Å²) >= 11 is 0. The Morgan fingerprint density at radius 1 is 0.935 bits per heavy atom. The summed E-state index contributed by atoms with van der Waals surface area (Å²) in [5.74, 6) is -0.0724. The number of carbonyl (C=O) groups excluding carboxylic acids is 1. The maximum Gasteiger partial charge on any atom is 0.243 e. The Balaban J connectivity index is 1.45. The van der Waals surface area contributed by atoms with E-state index in [1.807, 2.05) is 4.90 Å². The lowest BCUT2D eigenvalue weighted by Gasteiger charge is -2.33. The number of piperazine rings is 1. The molecule has 0 radical (unpaired) electrons. The van der Waals surface area contributed by atoms with E-state index in [4.69, 9.17) is 4.74 Å². The van der Waals surface area contributed by atoms with Crippen LogP contribution < -0.4 is 5.32 Å². The summed E-state index contributed by atoms with van der Waals surface area (Å²) in [7, 11) is -6.72. The Hall–Kier alpha value is -1.57. The minimum atomic E-state index is -3.53. The van der Waals surface area contributed by atoms with Crippen molar-refractivity contribution in [1.29, 1.82) is 0 Å². The van der Waals surface area contributed by atoms with Crippen LogP contribution in [0.2, 0.25) is 0 Å². The first-order valence-corrected chi connectivity index (χ1v) is 13.4. The van der Waals surface area contributed by atoms with Crippen LogP contribution in [-0.4, -0.2) is 101 Å². The number of hydrogen-bond donors (Lipinski definition) is 1. The molecule has 0 saturated carbocycles. The number of carbonyl (C=O) groups is 1. The summed E-state index contributed by atoms with van der Waals surface area (Å²) in [6, 6.07) is 6.50. The topological polar surface area (TPSA) is 116 Å². The van der Waals surface area contributed by atoms with Crippen molar-refractivity contribution in [1.82, 2.24) is 18.8 Å². The van der Waals surface area contributed by atoms with Crippen molar-refractivity contribution in [3.63, 3.8) is 0 Å². The Morgan fingerprint density at radius 2 is 1.55 bits per heavy atom. The SMILES string of the molecule is CCS(=O)(=O)N1CCN(CC(=O)NCc2ccc(S(=O)(=O)N3CCOCC3)cc2)CC1. The van der Waals surface area contributed by atoms with E-state index >= 15 is 0 Å². The van der Waals surface area contributed by atoms with Gasteiger partial charge in [-0.3, -0.25) is 9.69 Å². The fourth-order valence-corrected chi connectivity index (χ4v) is 6.02. The zero-order valence-electron chi connectivity index (χ0n) is 17.7. The third-order valence-electron chi connectivity index (χ3n) is 5.48. The fourth-order valence-electron chi connectivity index (χ4n) is 3.52. The lowest BCUT2D eigenvalue weighted by atomic mass is 10.2. The summed E-state index contributed by atoms with van der Waals surface area (Å²) in [6.45, 7) is 5.41. The highest BCUT2D eigenvalue weighted by atomic mass is 32.2. The lowest BCUT2D eigenvalue weighted by Crippen LogP contribution is -2.51. The summed E-state index contributed by atoms with van der Waals surface area (Å²) in [5.41, 5.74) is 0.799. The third-order valence-corrected chi connectivity index (χ3v) is 9.27. The molecule has 10 nitrogen and oxygen atoms in total. The first-order chi connectivity index (χ1) is 14.7. The van der Waals surface area contributed by atoms with Crippen molar-refractivity contribution in [3.8, 4) is 0 Å². The average Bonchev–Trinajstić information content (AvgIpc) is 2.79. The highest BCUT2D eigenvalue weighted by Crippen LogP contribution is 2.17. The average molecular weight is 475 g/mol. The highest BCUT2D eigenvalue weighted by molar-refractivity contribution is 7.89. The molecule has 0 aromatic heterocycles. The summed E-state index contributed by atoms with van der Waals surface area (Å²) in [6.07, 6.45) is 0. The molecule has 2 aliphatic heterocycles. The molecule has 2 heterocycles. The monoisotopic (exact) mass is 474 g/mol. The number of rotatable bonds is 8. The normalized spacial score (nSPS) is 19.9. The molecule has 0 bridgehead atoms. The van der Waals surface area contributed by atoms with E-state index in [1.165, 1.54) is 8.61 Å². The van der Waals surface area contributed by atoms with Gasteiger partial charge >= 0.3 is 0 Å². The number of morpholine rings is 1. The van der Waals surface area contributed by atoms with Crippen LogP contribution in [0.3, 0.4) is 0 Å². The van der Waals surface area contributed by atoms with Crippen LogP contribution >= 0.6 is 0 Å². The van der Waals surface area contributed by atoms with Crippen molar-refractivity contribution in [2.24, 2.45) is 0 Å². The molecule has 0 unspecified atom stereocenters. The zero-order chi connectivity index (χ0) is 22.5. The minimum Gasteiger partial charge on any atom is -0.379 e. The van der Waals surface area contributed by atoms with Crippen molar-refractivity contribution < 1.29 is 26.4 Å². The first-order valence-electron chi connectivity index (χ1n) is 10.4. The van der Waals surface area contributed by atoms with E-state index < -0.39 is 20.0 Å². The molecule has 1 aromatic carbocycles. The fraction of sp³-hybridized carbons (Fsp3) is 0.632. The molecule has 31 heavy (non-hydrogen) atoms. The van der Waals surface area contributed by atoms with Gasteiger partial charge in [-0.1, -0.05) is 12.1 Å². The molecule has 0 aliphatic carbocycles. The summed E-state index contributed by atoms with van der Waals surface area (Å²) in [5, 5.41) is 2.83. The van der Waals surface area contributed by atoms with Crippen molar-refractivity contribution in [2.75, 3.05) is 64.8 Å². The second-order valence-corrected chi connectivity index (χ2v) is 11.7. The zero-order valence-corrected chi connectivity index (χ0v) is 19.3. The molecule has 2 aliphatic rings. The van der Waals surface area contributed by atoms with E-state index in [0.29, 0.717) is 59.0 Å². The molecule has 1 N–H and O–H groups in total. The highest BCUT2D eigenvalue weighted by Gasteiger charge is 2.27. The van der Waals surface area contributed by atoms with E-state index in [-0.39, 0.29) is 23.1 Å². The van der Waals surface area contributed by atoms with Gasteiger partial charge in [0.1, 0.15) is 0 Å². The van der Waals surface area contributed by atoms with Gasteiger partial charge in [0.2, 0.25) is 26.0 Å². The predicted octanol–water partition coefficient (Wildman–Crippen LogP) is -0.709. The van der Waals surface area contributed by atoms with Crippen LogP contribution in [0.4, 0.5) is 0 Å². The van der Waals surface area contributed by atoms with Gasteiger partial charge < -0.3 is 10.1 Å². The van der Waals surface area contributed by atoms with Crippen molar-refractivity contribution >= 4 is 26.0 Å². The molecule has 1 amide bonds. The van der Waals surface area contributed by atoms with Gasteiger partial charge in [0.15, 0.2) is 0 Å². The van der Waals surface area contributed by atoms with Gasteiger partial charge in [0, 0.05) is 45.8 Å². The van der Waals surface area contributed by atoms with Gasteiger partial charge in [-0.05, 0) is 24.6 Å². The number of hydrogen-bond acceptors (Lipinski definition) is 7. The number of benzene rings is 1. The Morgan fingerprint density at radius 3 is 2.13 bits per heavy atom. The maximum absolute atomic E-state index is 12.6. The lowest BCUT2D eigenvalue weighted by molar-refractivity contribution is -0.122. The van der Waals surface area contributed by atoms with E-state index in [9.17, 15) is 21.6 Å². The Kier molecular flexibility index (Phi) is 8.05. The van der Waals surface area contributed by atoms with Crippen LogP contribution in [-0.2, 0) is 36.1 Å². The van der Waals surface area contributed by atoms with Crippen LogP contribution in [0.25, 0.3) is 0 Å². The molecule has 2 fully saturated rings. The largest absolute Gasteiger partial charge is 0.379 e. The molecule has 174 valence electrons. The summed E-state index contributed by atoms with van der Waals surface area (Å²) < 4.78 is 57.2. The molecule has 0 spiro atoms. The van der Waals surface area contributed by atoms with Gasteiger partial charge in [-0.15, -0.1) is 0 Å². The van der Waals surface area contributed by atoms with Gasteiger partial charge in [-0.2, -0.15) is 8.61 Å². The first kappa shape index (κ1) is 24.1. The number of nitrogens with zero attached hydrogens (tertiary/aromatic N) is 3. The quantitative estimate of drug-likeness (QED) is 0.529. The summed E-state index contributed by atoms with van der Waals surface area (Å²) in [4.78, 5) is 14.4. The number of sulfonamides is 2. The predicted molar refractivity (Wildman–Crippen MR) is 115 cm³/mol. The molecular formula is C19H30N4O6S2. The van der Waals surface area contributed by atoms with Gasteiger partial charge in [0.05, 0.1) is 30.4 Å². The molecule has 2 saturated heterocycles. The van der Waals surface area contributed by atoms with Gasteiger partial charge in [-0.25, -0.2) is 16.8 Å². The number of amides is 1. The second kappa shape index (κ2) is 10.4. The molecule has 3 rings (SSSR count). The van der Waals surface area contributed by atoms with Gasteiger partial charge in [0.25, 0.3) is 0 Å². The van der Waals surface area contributed by atoms with E-state index in [2.05, 4.69) is 5.32 Å². The third kappa shape index (κ3) is 6.24. The molecule has 1 aromatic rings.